The summed E-state index contributed by atoms with van der Waals surface area (Å²) in [5.41, 5.74) is 1.19. The Balaban J connectivity index is 1.45. The van der Waals surface area contributed by atoms with Gasteiger partial charge in [0.1, 0.15) is 12.9 Å². The van der Waals surface area contributed by atoms with E-state index in [9.17, 15) is 9.59 Å². The Bertz CT molecular complexity index is 1170. The van der Waals surface area contributed by atoms with Crippen LogP contribution < -0.4 is 15.5 Å². The van der Waals surface area contributed by atoms with Gasteiger partial charge in [0, 0.05) is 11.1 Å². The van der Waals surface area contributed by atoms with Crippen LogP contribution in [0.15, 0.2) is 70.1 Å². The summed E-state index contributed by atoms with van der Waals surface area (Å²) in [6, 6.07) is 15.7. The third kappa shape index (κ3) is 4.05. The summed E-state index contributed by atoms with van der Waals surface area (Å²) < 4.78 is 11.7. The summed E-state index contributed by atoms with van der Waals surface area (Å²) in [4.78, 5) is 28.9. The van der Waals surface area contributed by atoms with Crippen LogP contribution in [-0.4, -0.2) is 10.9 Å². The lowest BCUT2D eigenvalue weighted by molar-refractivity contribution is 0.0993. The molecule has 0 aliphatic rings. The zero-order valence-corrected chi connectivity index (χ0v) is 15.9. The fraction of sp³-hybridized carbons (Fsp3) is 0.0500. The number of para-hydroxylation sites is 1. The highest BCUT2D eigenvalue weighted by atomic mass is 35.5. The van der Waals surface area contributed by atoms with Crippen molar-refractivity contribution in [1.29, 1.82) is 0 Å². The number of benzene rings is 2. The van der Waals surface area contributed by atoms with E-state index in [0.29, 0.717) is 10.2 Å². The van der Waals surface area contributed by atoms with E-state index in [1.165, 1.54) is 11.3 Å². The van der Waals surface area contributed by atoms with Gasteiger partial charge in [-0.3, -0.25) is 14.9 Å². The van der Waals surface area contributed by atoms with Crippen molar-refractivity contribution in [2.45, 2.75) is 6.61 Å². The van der Waals surface area contributed by atoms with E-state index in [1.54, 1.807) is 24.3 Å². The third-order valence-corrected chi connectivity index (χ3v) is 5.05. The van der Waals surface area contributed by atoms with Crippen LogP contribution in [0.4, 0.5) is 5.13 Å². The van der Waals surface area contributed by atoms with Gasteiger partial charge in [-0.05, 0) is 29.8 Å². The molecular weight excluding hydrogens is 400 g/mol. The van der Waals surface area contributed by atoms with Gasteiger partial charge in [0.2, 0.25) is 11.2 Å². The molecule has 1 amide bonds. The van der Waals surface area contributed by atoms with Gasteiger partial charge in [-0.1, -0.05) is 47.2 Å². The second-order valence-electron chi connectivity index (χ2n) is 5.83. The van der Waals surface area contributed by atoms with Crippen molar-refractivity contribution >= 4 is 44.2 Å². The number of nitrogens with zero attached hydrogens (tertiary/aromatic N) is 1. The van der Waals surface area contributed by atoms with Crippen molar-refractivity contribution in [3.05, 3.63) is 87.4 Å². The van der Waals surface area contributed by atoms with E-state index in [-0.39, 0.29) is 18.1 Å². The van der Waals surface area contributed by atoms with Crippen LogP contribution in [0, 0.1) is 0 Å². The molecule has 0 unspecified atom stereocenters. The second-order valence-corrected chi connectivity index (χ2v) is 7.30. The first-order valence-corrected chi connectivity index (χ1v) is 9.45. The van der Waals surface area contributed by atoms with Crippen LogP contribution >= 0.6 is 22.9 Å². The minimum absolute atomic E-state index is 0.0199. The first-order valence-electron chi connectivity index (χ1n) is 8.25. The molecule has 0 aliphatic heterocycles. The predicted molar refractivity (Wildman–Crippen MR) is 108 cm³/mol. The molecule has 0 spiro atoms. The van der Waals surface area contributed by atoms with Gasteiger partial charge in [0.25, 0.3) is 5.91 Å². The summed E-state index contributed by atoms with van der Waals surface area (Å²) in [5, 5.41) is 3.69. The van der Waals surface area contributed by atoms with Crippen LogP contribution in [0.25, 0.3) is 10.2 Å². The zero-order valence-electron chi connectivity index (χ0n) is 14.3. The first-order chi connectivity index (χ1) is 13.6. The minimum atomic E-state index is -0.555. The highest BCUT2D eigenvalue weighted by Gasteiger charge is 2.14. The Morgan fingerprint density at radius 2 is 1.96 bits per heavy atom. The third-order valence-electron chi connectivity index (χ3n) is 3.84. The number of ether oxygens (including phenoxy) is 1. The monoisotopic (exact) mass is 412 g/mol. The molecule has 0 fully saturated rings. The lowest BCUT2D eigenvalue weighted by Gasteiger charge is -2.06. The molecular formula is C20H13ClN2O4S. The fourth-order valence-electron chi connectivity index (χ4n) is 2.45. The molecule has 140 valence electrons. The number of amides is 1. The van der Waals surface area contributed by atoms with E-state index in [0.717, 1.165) is 28.1 Å². The molecule has 2 heterocycles. The number of aromatic nitrogens is 1. The number of anilines is 1. The maximum absolute atomic E-state index is 12.3. The molecule has 2 aromatic carbocycles. The lowest BCUT2D eigenvalue weighted by Crippen LogP contribution is -2.15. The van der Waals surface area contributed by atoms with Gasteiger partial charge in [-0.15, -0.1) is 0 Å². The Kier molecular flexibility index (Phi) is 5.10. The van der Waals surface area contributed by atoms with Crippen molar-refractivity contribution in [1.82, 2.24) is 4.98 Å². The molecule has 0 atom stereocenters. The molecule has 8 heteroatoms. The quantitative estimate of drug-likeness (QED) is 0.512. The molecule has 0 radical (unpaired) electrons. The lowest BCUT2D eigenvalue weighted by atomic mass is 10.2. The summed E-state index contributed by atoms with van der Waals surface area (Å²) in [6.45, 7) is 0.180. The van der Waals surface area contributed by atoms with Crippen LogP contribution in [-0.2, 0) is 6.61 Å². The molecule has 4 aromatic rings. The molecule has 28 heavy (non-hydrogen) atoms. The Morgan fingerprint density at radius 3 is 2.71 bits per heavy atom. The van der Waals surface area contributed by atoms with E-state index >= 15 is 0 Å². The first kappa shape index (κ1) is 18.2. The molecule has 0 saturated carbocycles. The Morgan fingerprint density at radius 1 is 1.18 bits per heavy atom. The zero-order chi connectivity index (χ0) is 19.5. The number of carbonyl (C=O) groups excluding carboxylic acids is 1. The van der Waals surface area contributed by atoms with E-state index < -0.39 is 11.3 Å². The van der Waals surface area contributed by atoms with Crippen LogP contribution in [0.5, 0.6) is 5.75 Å². The smallest absolute Gasteiger partial charge is 0.293 e. The molecule has 6 nitrogen and oxygen atoms in total. The molecule has 0 bridgehead atoms. The maximum Gasteiger partial charge on any atom is 0.293 e. The average Bonchev–Trinajstić information content (AvgIpc) is 3.10. The molecule has 4 rings (SSSR count). The van der Waals surface area contributed by atoms with Crippen molar-refractivity contribution in [2.75, 3.05) is 5.32 Å². The molecule has 0 saturated heterocycles. The minimum Gasteiger partial charge on any atom is -0.482 e. The summed E-state index contributed by atoms with van der Waals surface area (Å²) in [6.07, 6.45) is 1.13. The Labute approximate surface area is 168 Å². The number of halogens is 1. The molecule has 1 N–H and O–H groups in total. The highest BCUT2D eigenvalue weighted by Crippen LogP contribution is 2.25. The standard InChI is InChI=1S/C20H13ClN2O4S/c21-13-7-5-12(6-8-13)10-26-17-11-27-16(9-15(17)24)19(25)23-20-22-14-3-1-2-4-18(14)28-20/h1-9,11H,10H2,(H,22,23,25). The number of rotatable bonds is 5. The Hall–Kier alpha value is -3.16. The normalized spacial score (nSPS) is 10.8. The number of hydrogen-bond acceptors (Lipinski definition) is 6. The highest BCUT2D eigenvalue weighted by molar-refractivity contribution is 7.22. The van der Waals surface area contributed by atoms with Gasteiger partial charge >= 0.3 is 0 Å². The summed E-state index contributed by atoms with van der Waals surface area (Å²) >= 11 is 7.17. The number of thiazole rings is 1. The average molecular weight is 413 g/mol. The molecule has 2 aromatic heterocycles. The fourth-order valence-corrected chi connectivity index (χ4v) is 3.44. The van der Waals surface area contributed by atoms with Crippen molar-refractivity contribution < 1.29 is 13.9 Å². The van der Waals surface area contributed by atoms with Crippen molar-refractivity contribution in [3.8, 4) is 5.75 Å². The number of fused-ring (bicyclic) bond motifs is 1. The molecule has 0 aliphatic carbocycles. The van der Waals surface area contributed by atoms with Gasteiger partial charge in [-0.25, -0.2) is 4.98 Å². The largest absolute Gasteiger partial charge is 0.482 e. The van der Waals surface area contributed by atoms with Gasteiger partial charge in [-0.2, -0.15) is 0 Å². The summed E-state index contributed by atoms with van der Waals surface area (Å²) in [5.74, 6) is -0.657. The number of nitrogens with one attached hydrogen (secondary N) is 1. The van der Waals surface area contributed by atoms with Gasteiger partial charge < -0.3 is 9.15 Å². The van der Waals surface area contributed by atoms with Gasteiger partial charge in [0.05, 0.1) is 10.2 Å². The second kappa shape index (κ2) is 7.84. The SMILES string of the molecule is O=C(Nc1nc2ccccc2s1)c1cc(=O)c(OCc2ccc(Cl)cc2)co1. The van der Waals surface area contributed by atoms with Gasteiger partial charge in [0.15, 0.2) is 10.9 Å². The van der Waals surface area contributed by atoms with E-state index in [2.05, 4.69) is 10.3 Å². The van der Waals surface area contributed by atoms with Crippen LogP contribution in [0.2, 0.25) is 5.02 Å². The van der Waals surface area contributed by atoms with Crippen molar-refractivity contribution in [3.63, 3.8) is 0 Å². The number of carbonyl (C=O) groups is 1. The van der Waals surface area contributed by atoms with Crippen LogP contribution in [0.3, 0.4) is 0 Å². The van der Waals surface area contributed by atoms with Crippen molar-refractivity contribution in [2.24, 2.45) is 0 Å². The topological polar surface area (TPSA) is 81.4 Å². The van der Waals surface area contributed by atoms with E-state index in [1.807, 2.05) is 24.3 Å². The number of hydrogen-bond donors (Lipinski definition) is 1. The van der Waals surface area contributed by atoms with E-state index in [4.69, 9.17) is 20.8 Å². The summed E-state index contributed by atoms with van der Waals surface area (Å²) in [7, 11) is 0. The maximum atomic E-state index is 12.3. The predicted octanol–water partition coefficient (Wildman–Crippen LogP) is 4.73. The van der Waals surface area contributed by atoms with Crippen LogP contribution in [0.1, 0.15) is 16.1 Å².